The molecule has 0 aliphatic heterocycles. The number of aromatic nitrogens is 2. The number of thiophene rings is 1. The van der Waals surface area contributed by atoms with Gasteiger partial charge in [-0.25, -0.2) is 9.48 Å². The fourth-order valence-electron chi connectivity index (χ4n) is 3.21. The largest absolute Gasteiger partial charge is 0.453 e. The number of carbonyl (C=O) groups is 2. The SMILES string of the molecule is Cc1ccc(C)c(C(=O)COC(=O)c2cc3c(C)nn(-c4ccccc4)c3s2)c1. The second-order valence-corrected chi connectivity index (χ2v) is 8.01. The lowest BCUT2D eigenvalue weighted by atomic mass is 10.0. The molecule has 0 N–H and O–H groups in total. The van der Waals surface area contributed by atoms with Crippen molar-refractivity contribution in [1.29, 1.82) is 0 Å². The van der Waals surface area contributed by atoms with E-state index in [1.54, 1.807) is 6.07 Å². The molecule has 0 aliphatic rings. The van der Waals surface area contributed by atoms with Crippen LogP contribution in [0.3, 0.4) is 0 Å². The van der Waals surface area contributed by atoms with E-state index < -0.39 is 5.97 Å². The molecule has 0 unspecified atom stereocenters. The Morgan fingerprint density at radius 3 is 2.55 bits per heavy atom. The lowest BCUT2D eigenvalue weighted by Gasteiger charge is -2.07. The summed E-state index contributed by atoms with van der Waals surface area (Å²) in [4.78, 5) is 26.4. The third-order valence-electron chi connectivity index (χ3n) is 4.77. The van der Waals surface area contributed by atoms with Crippen LogP contribution in [0.25, 0.3) is 15.9 Å². The van der Waals surface area contributed by atoms with Gasteiger partial charge >= 0.3 is 5.97 Å². The Morgan fingerprint density at radius 2 is 1.79 bits per heavy atom. The van der Waals surface area contributed by atoms with Crippen molar-refractivity contribution < 1.29 is 14.3 Å². The molecular formula is C23H20N2O3S. The third-order valence-corrected chi connectivity index (χ3v) is 5.87. The molecule has 0 saturated heterocycles. The van der Waals surface area contributed by atoms with Gasteiger partial charge in [-0.15, -0.1) is 11.3 Å². The topological polar surface area (TPSA) is 61.2 Å². The zero-order valence-corrected chi connectivity index (χ0v) is 17.2. The Balaban J connectivity index is 1.55. The molecular weight excluding hydrogens is 384 g/mol. The first-order valence-electron chi connectivity index (χ1n) is 9.26. The molecule has 2 aromatic carbocycles. The summed E-state index contributed by atoms with van der Waals surface area (Å²) >= 11 is 1.32. The van der Waals surface area contributed by atoms with Gasteiger partial charge in [0.1, 0.15) is 9.71 Å². The van der Waals surface area contributed by atoms with E-state index >= 15 is 0 Å². The van der Waals surface area contributed by atoms with Gasteiger partial charge in [-0.3, -0.25) is 4.79 Å². The second-order valence-electron chi connectivity index (χ2n) is 6.98. The average Bonchev–Trinajstić information content (AvgIpc) is 3.29. The molecule has 2 heterocycles. The van der Waals surface area contributed by atoms with Crippen molar-refractivity contribution in [1.82, 2.24) is 9.78 Å². The average molecular weight is 404 g/mol. The van der Waals surface area contributed by atoms with Crippen LogP contribution in [-0.2, 0) is 4.74 Å². The van der Waals surface area contributed by atoms with Crippen molar-refractivity contribution in [3.05, 3.63) is 81.9 Å². The van der Waals surface area contributed by atoms with Crippen LogP contribution in [0.1, 0.15) is 36.9 Å². The molecule has 5 nitrogen and oxygen atoms in total. The minimum absolute atomic E-state index is 0.202. The summed E-state index contributed by atoms with van der Waals surface area (Å²) in [5.74, 6) is -0.698. The standard InChI is InChI=1S/C23H20N2O3S/c1-14-9-10-15(2)18(11-14)20(26)13-28-23(27)21-12-19-16(3)24-25(22(19)29-21)17-7-5-4-6-8-17/h4-12H,13H2,1-3H3. The maximum atomic E-state index is 12.6. The van der Waals surface area contributed by atoms with Gasteiger partial charge in [0.05, 0.1) is 11.4 Å². The van der Waals surface area contributed by atoms with E-state index in [9.17, 15) is 9.59 Å². The molecule has 4 aromatic rings. The maximum Gasteiger partial charge on any atom is 0.348 e. The van der Waals surface area contributed by atoms with Gasteiger partial charge in [0.2, 0.25) is 5.78 Å². The molecule has 0 aliphatic carbocycles. The van der Waals surface area contributed by atoms with Crippen LogP contribution in [0.15, 0.2) is 54.6 Å². The fourth-order valence-corrected chi connectivity index (χ4v) is 4.28. The Labute approximate surface area is 172 Å². The minimum Gasteiger partial charge on any atom is -0.453 e. The van der Waals surface area contributed by atoms with Crippen LogP contribution in [0, 0.1) is 20.8 Å². The summed E-state index contributed by atoms with van der Waals surface area (Å²) in [7, 11) is 0. The number of aryl methyl sites for hydroxylation is 3. The summed E-state index contributed by atoms with van der Waals surface area (Å²) in [6.07, 6.45) is 0. The minimum atomic E-state index is -0.496. The maximum absolute atomic E-state index is 12.6. The van der Waals surface area contributed by atoms with E-state index in [1.165, 1.54) is 11.3 Å². The van der Waals surface area contributed by atoms with Crippen molar-refractivity contribution in [2.24, 2.45) is 0 Å². The molecule has 0 saturated carbocycles. The molecule has 29 heavy (non-hydrogen) atoms. The van der Waals surface area contributed by atoms with Gasteiger partial charge in [-0.1, -0.05) is 35.9 Å². The Hall–Kier alpha value is -3.25. The number of hydrogen-bond acceptors (Lipinski definition) is 5. The predicted molar refractivity (Wildman–Crippen MR) is 114 cm³/mol. The second kappa shape index (κ2) is 7.64. The highest BCUT2D eigenvalue weighted by Crippen LogP contribution is 2.30. The number of benzene rings is 2. The van der Waals surface area contributed by atoms with Crippen molar-refractivity contribution in [2.75, 3.05) is 6.61 Å². The van der Waals surface area contributed by atoms with Crippen molar-refractivity contribution >= 4 is 33.3 Å². The van der Waals surface area contributed by atoms with Gasteiger partial charge < -0.3 is 4.74 Å². The van der Waals surface area contributed by atoms with Crippen LogP contribution in [-0.4, -0.2) is 28.1 Å². The molecule has 0 fully saturated rings. The zero-order chi connectivity index (χ0) is 20.5. The number of hydrogen-bond donors (Lipinski definition) is 0. The van der Waals surface area contributed by atoms with Crippen LogP contribution in [0.4, 0.5) is 0 Å². The summed E-state index contributed by atoms with van der Waals surface area (Å²) in [5.41, 5.74) is 4.22. The van der Waals surface area contributed by atoms with Gasteiger partial charge in [-0.2, -0.15) is 5.10 Å². The van der Waals surface area contributed by atoms with Gasteiger partial charge in [-0.05, 0) is 50.6 Å². The van der Waals surface area contributed by atoms with Gasteiger partial charge in [0, 0.05) is 10.9 Å². The zero-order valence-electron chi connectivity index (χ0n) is 16.4. The molecule has 0 atom stereocenters. The van der Waals surface area contributed by atoms with Gasteiger partial charge in [0.25, 0.3) is 0 Å². The molecule has 4 rings (SSSR count). The highest BCUT2D eigenvalue weighted by atomic mass is 32.1. The summed E-state index contributed by atoms with van der Waals surface area (Å²) in [6, 6.07) is 17.2. The Bertz CT molecular complexity index is 1220. The van der Waals surface area contributed by atoms with E-state index in [4.69, 9.17) is 4.74 Å². The normalized spacial score (nSPS) is 11.0. The lowest BCUT2D eigenvalue weighted by molar-refractivity contribution is 0.0479. The highest BCUT2D eigenvalue weighted by molar-refractivity contribution is 7.20. The van der Waals surface area contributed by atoms with Crippen LogP contribution >= 0.6 is 11.3 Å². The van der Waals surface area contributed by atoms with E-state index in [0.717, 1.165) is 32.7 Å². The number of ketones is 1. The Kier molecular flexibility index (Phi) is 5.03. The summed E-state index contributed by atoms with van der Waals surface area (Å²) in [5, 5.41) is 5.48. The Morgan fingerprint density at radius 1 is 1.03 bits per heavy atom. The molecule has 0 spiro atoms. The highest BCUT2D eigenvalue weighted by Gasteiger charge is 2.19. The van der Waals surface area contributed by atoms with Crippen molar-refractivity contribution in [3.63, 3.8) is 0 Å². The first-order chi connectivity index (χ1) is 13.9. The van der Waals surface area contributed by atoms with E-state index in [0.29, 0.717) is 10.4 Å². The smallest absolute Gasteiger partial charge is 0.348 e. The number of ether oxygens (including phenoxy) is 1. The van der Waals surface area contributed by atoms with Crippen LogP contribution in [0.2, 0.25) is 0 Å². The number of carbonyl (C=O) groups excluding carboxylic acids is 2. The van der Waals surface area contributed by atoms with Crippen molar-refractivity contribution in [2.45, 2.75) is 20.8 Å². The molecule has 6 heteroatoms. The van der Waals surface area contributed by atoms with E-state index in [-0.39, 0.29) is 12.4 Å². The first kappa shape index (κ1) is 19.1. The number of esters is 1. The molecule has 0 radical (unpaired) electrons. The molecule has 2 aromatic heterocycles. The van der Waals surface area contributed by atoms with E-state index in [1.807, 2.05) is 74.0 Å². The summed E-state index contributed by atoms with van der Waals surface area (Å²) in [6.45, 7) is 5.44. The van der Waals surface area contributed by atoms with Crippen LogP contribution < -0.4 is 0 Å². The predicted octanol–water partition coefficient (Wildman–Crippen LogP) is 5.05. The number of rotatable bonds is 5. The molecule has 0 bridgehead atoms. The summed E-state index contributed by atoms with van der Waals surface area (Å²) < 4.78 is 7.14. The van der Waals surface area contributed by atoms with Crippen molar-refractivity contribution in [3.8, 4) is 5.69 Å². The fraction of sp³-hybridized carbons (Fsp3) is 0.174. The van der Waals surface area contributed by atoms with E-state index in [2.05, 4.69) is 5.10 Å². The quantitative estimate of drug-likeness (QED) is 0.345. The monoisotopic (exact) mass is 404 g/mol. The number of para-hydroxylation sites is 1. The third kappa shape index (κ3) is 3.71. The molecule has 0 amide bonds. The first-order valence-corrected chi connectivity index (χ1v) is 10.1. The number of nitrogens with zero attached hydrogens (tertiary/aromatic N) is 2. The van der Waals surface area contributed by atoms with Crippen LogP contribution in [0.5, 0.6) is 0 Å². The van der Waals surface area contributed by atoms with Gasteiger partial charge in [0.15, 0.2) is 6.61 Å². The lowest BCUT2D eigenvalue weighted by Crippen LogP contribution is -2.14. The number of Topliss-reactive ketones (excluding diaryl/α,β-unsaturated/α-hetero) is 1. The molecule has 146 valence electrons. The number of fused-ring (bicyclic) bond motifs is 1.